The molecule has 0 radical (unpaired) electrons. The van der Waals surface area contributed by atoms with Crippen LogP contribution in [0.2, 0.25) is 0 Å². The van der Waals surface area contributed by atoms with Gasteiger partial charge in [-0.15, -0.1) is 0 Å². The molecule has 2 aliphatic rings. The van der Waals surface area contributed by atoms with E-state index < -0.39 is 74.4 Å². The van der Waals surface area contributed by atoms with Crippen LogP contribution in [0.25, 0.3) is 0 Å². The molecule has 10 heteroatoms. The minimum Gasteiger partial charge on any atom is -0.394 e. The van der Waals surface area contributed by atoms with E-state index in [1.807, 2.05) is 0 Å². The number of hydrogen-bond donors (Lipinski definition) is 7. The van der Waals surface area contributed by atoms with Crippen molar-refractivity contribution >= 4 is 0 Å². The highest BCUT2D eigenvalue weighted by Crippen LogP contribution is 2.34. The molecule has 9 atom stereocenters. The van der Waals surface area contributed by atoms with Gasteiger partial charge in [-0.2, -0.15) is 0 Å². The Balaban J connectivity index is 2.13. The number of ether oxygens (including phenoxy) is 3. The van der Waals surface area contributed by atoms with Crippen LogP contribution in [0.5, 0.6) is 0 Å². The molecule has 0 aromatic carbocycles. The molecule has 4 unspecified atom stereocenters. The fourth-order valence-corrected chi connectivity index (χ4v) is 2.80. The molecule has 7 N–H and O–H groups in total. The number of aliphatic hydroxyl groups excluding tert-OH is 7. The van der Waals surface area contributed by atoms with Crippen molar-refractivity contribution in [3.63, 3.8) is 0 Å². The highest BCUT2D eigenvalue weighted by molar-refractivity contribution is 5.01. The summed E-state index contributed by atoms with van der Waals surface area (Å²) in [6.07, 6.45) is -10.9. The van der Waals surface area contributed by atoms with E-state index in [9.17, 15) is 30.6 Å². The van der Waals surface area contributed by atoms with Gasteiger partial charge < -0.3 is 50.0 Å². The van der Waals surface area contributed by atoms with Gasteiger partial charge in [-0.25, -0.2) is 0 Å². The van der Waals surface area contributed by atoms with Crippen molar-refractivity contribution in [3.8, 4) is 0 Å². The van der Waals surface area contributed by atoms with Crippen molar-refractivity contribution < 1.29 is 50.0 Å². The van der Waals surface area contributed by atoms with E-state index in [0.29, 0.717) is 0 Å². The van der Waals surface area contributed by atoms with Crippen LogP contribution in [0.15, 0.2) is 0 Å². The molecule has 2 saturated heterocycles. The number of rotatable bonds is 5. The first-order valence-electron chi connectivity index (χ1n) is 7.32. The lowest BCUT2D eigenvalue weighted by atomic mass is 9.96. The zero-order valence-corrected chi connectivity index (χ0v) is 12.6. The molecule has 10 nitrogen and oxygen atoms in total. The molecule has 0 bridgehead atoms. The van der Waals surface area contributed by atoms with Crippen molar-refractivity contribution in [2.24, 2.45) is 0 Å². The predicted molar refractivity (Wildman–Crippen MR) is 72.1 cm³/mol. The van der Waals surface area contributed by atoms with Crippen LogP contribution in [-0.2, 0) is 14.2 Å². The van der Waals surface area contributed by atoms with Crippen molar-refractivity contribution in [2.75, 3.05) is 19.8 Å². The summed E-state index contributed by atoms with van der Waals surface area (Å²) < 4.78 is 16.0. The third kappa shape index (κ3) is 3.37. The average Bonchev–Trinajstić information content (AvgIpc) is 2.80. The van der Waals surface area contributed by atoms with Crippen LogP contribution in [-0.4, -0.2) is 110 Å². The Morgan fingerprint density at radius 3 is 2.04 bits per heavy atom. The maximum Gasteiger partial charge on any atom is 0.187 e. The third-order valence-electron chi connectivity index (χ3n) is 4.36. The Hall–Kier alpha value is -0.400. The van der Waals surface area contributed by atoms with E-state index in [1.165, 1.54) is 6.92 Å². The van der Waals surface area contributed by atoms with E-state index in [1.54, 1.807) is 0 Å². The summed E-state index contributed by atoms with van der Waals surface area (Å²) in [7, 11) is 0. The first-order valence-corrected chi connectivity index (χ1v) is 7.32. The Morgan fingerprint density at radius 1 is 0.913 bits per heavy atom. The summed E-state index contributed by atoms with van der Waals surface area (Å²) in [6.45, 7) is -0.239. The summed E-state index contributed by atoms with van der Waals surface area (Å²) in [5.74, 6) is 0. The van der Waals surface area contributed by atoms with Crippen molar-refractivity contribution in [2.45, 2.75) is 61.5 Å². The zero-order chi connectivity index (χ0) is 17.4. The summed E-state index contributed by atoms with van der Waals surface area (Å²) in [5.41, 5.74) is -1.37. The molecule has 136 valence electrons. The van der Waals surface area contributed by atoms with Crippen LogP contribution in [0.1, 0.15) is 6.92 Å². The first kappa shape index (κ1) is 18.9. The van der Waals surface area contributed by atoms with Crippen molar-refractivity contribution in [1.29, 1.82) is 0 Å². The van der Waals surface area contributed by atoms with E-state index in [2.05, 4.69) is 0 Å². The lowest BCUT2D eigenvalue weighted by molar-refractivity contribution is -0.318. The normalized spacial score (nSPS) is 51.1. The maximum atomic E-state index is 10.2. The second kappa shape index (κ2) is 7.23. The van der Waals surface area contributed by atoms with Crippen molar-refractivity contribution in [3.05, 3.63) is 0 Å². The van der Waals surface area contributed by atoms with Gasteiger partial charge >= 0.3 is 0 Å². The molecule has 2 fully saturated rings. The second-order valence-corrected chi connectivity index (χ2v) is 6.05. The number of hydrogen-bond acceptors (Lipinski definition) is 10. The van der Waals surface area contributed by atoms with Crippen LogP contribution < -0.4 is 0 Å². The van der Waals surface area contributed by atoms with Gasteiger partial charge in [0.05, 0.1) is 19.8 Å². The molecule has 23 heavy (non-hydrogen) atoms. The second-order valence-electron chi connectivity index (χ2n) is 6.05. The SMILES string of the molecule is CC1(CO)O[C@H](CO)[C@H](O[C@@H]2OC(CO)[C@H](O)[C@@H](O)C2O)C1O. The molecule has 2 aliphatic heterocycles. The Labute approximate surface area is 132 Å². The molecule has 0 aliphatic carbocycles. The average molecular weight is 340 g/mol. The fourth-order valence-electron chi connectivity index (χ4n) is 2.80. The van der Waals surface area contributed by atoms with Gasteiger partial charge in [-0.05, 0) is 6.92 Å². The molecule has 0 saturated carbocycles. The fraction of sp³-hybridized carbons (Fsp3) is 1.00. The van der Waals surface area contributed by atoms with Crippen LogP contribution in [0.4, 0.5) is 0 Å². The van der Waals surface area contributed by atoms with Gasteiger partial charge in [0.15, 0.2) is 6.29 Å². The van der Waals surface area contributed by atoms with Gasteiger partial charge in [0.1, 0.15) is 48.3 Å². The Bertz CT molecular complexity index is 393. The van der Waals surface area contributed by atoms with E-state index in [-0.39, 0.29) is 0 Å². The molecule has 0 amide bonds. The molecule has 2 rings (SSSR count). The van der Waals surface area contributed by atoms with E-state index in [0.717, 1.165) is 0 Å². The van der Waals surface area contributed by atoms with Gasteiger partial charge in [-0.1, -0.05) is 0 Å². The molecule has 0 spiro atoms. The number of aliphatic hydroxyl groups is 7. The quantitative estimate of drug-likeness (QED) is 0.260. The largest absolute Gasteiger partial charge is 0.394 e. The minimum absolute atomic E-state index is 0.519. The van der Waals surface area contributed by atoms with Crippen molar-refractivity contribution in [1.82, 2.24) is 0 Å². The smallest absolute Gasteiger partial charge is 0.187 e. The van der Waals surface area contributed by atoms with Crippen LogP contribution >= 0.6 is 0 Å². The van der Waals surface area contributed by atoms with Gasteiger partial charge in [-0.3, -0.25) is 0 Å². The van der Waals surface area contributed by atoms with Crippen LogP contribution in [0.3, 0.4) is 0 Å². The standard InChI is InChI=1S/C13H24O10/c1-13(4-16)11(20)10(6(3-15)23-13)22-12-9(19)8(18)7(17)5(2-14)21-12/h5-12,14-20H,2-4H2,1H3/t5?,6-,7+,8-,9?,10+,11?,12+,13?/m1/s1. The van der Waals surface area contributed by atoms with Gasteiger partial charge in [0.2, 0.25) is 0 Å². The zero-order valence-electron chi connectivity index (χ0n) is 12.6. The summed E-state index contributed by atoms with van der Waals surface area (Å²) in [5, 5.41) is 67.4. The van der Waals surface area contributed by atoms with E-state index >= 15 is 0 Å². The molecule has 2 heterocycles. The highest BCUT2D eigenvalue weighted by atomic mass is 16.7. The topological polar surface area (TPSA) is 169 Å². The Kier molecular flexibility index (Phi) is 5.95. The monoisotopic (exact) mass is 340 g/mol. The molecule has 0 aromatic heterocycles. The van der Waals surface area contributed by atoms with Crippen LogP contribution in [0, 0.1) is 0 Å². The molecular weight excluding hydrogens is 316 g/mol. The maximum absolute atomic E-state index is 10.2. The summed E-state index contributed by atoms with van der Waals surface area (Å²) >= 11 is 0. The lowest BCUT2D eigenvalue weighted by Crippen LogP contribution is -2.60. The Morgan fingerprint density at radius 2 is 1.52 bits per heavy atom. The highest BCUT2D eigenvalue weighted by Gasteiger charge is 2.54. The van der Waals surface area contributed by atoms with E-state index in [4.69, 9.17) is 19.3 Å². The summed E-state index contributed by atoms with van der Waals surface area (Å²) in [6, 6.07) is 0. The predicted octanol–water partition coefficient (Wildman–Crippen LogP) is -4.33. The minimum atomic E-state index is -1.64. The lowest BCUT2D eigenvalue weighted by Gasteiger charge is -2.41. The molecular formula is C13H24O10. The molecule has 0 aromatic rings. The summed E-state index contributed by atoms with van der Waals surface area (Å²) in [4.78, 5) is 0. The first-order chi connectivity index (χ1) is 10.8. The van der Waals surface area contributed by atoms with Gasteiger partial charge in [0.25, 0.3) is 0 Å². The third-order valence-corrected chi connectivity index (χ3v) is 4.36. The van der Waals surface area contributed by atoms with Gasteiger partial charge in [0, 0.05) is 0 Å².